The number of furan rings is 2. The number of hydrogen-bond donors (Lipinski definition) is 0. The minimum atomic E-state index is -0.198. The first-order valence-electron chi connectivity index (χ1n) is 21.5. The van der Waals surface area contributed by atoms with Gasteiger partial charge in [0.1, 0.15) is 22.3 Å². The van der Waals surface area contributed by atoms with Crippen LogP contribution in [-0.4, -0.2) is 6.85 Å². The third-order valence-corrected chi connectivity index (χ3v) is 13.2. The summed E-state index contributed by atoms with van der Waals surface area (Å²) < 4.78 is 13.8. The molecule has 2 aliphatic rings. The number of rotatable bonds is 3. The number of nitrogens with zero attached hydrogens (tertiary/aromatic N) is 2. The van der Waals surface area contributed by atoms with Crippen molar-refractivity contribution in [2.24, 2.45) is 0 Å². The van der Waals surface area contributed by atoms with E-state index in [9.17, 15) is 0 Å². The van der Waals surface area contributed by atoms with Crippen LogP contribution in [0.1, 0.15) is 52.7 Å². The first kappa shape index (κ1) is 35.9. The van der Waals surface area contributed by atoms with Crippen molar-refractivity contribution in [3.8, 4) is 22.3 Å². The van der Waals surface area contributed by atoms with E-state index in [-0.39, 0.29) is 17.7 Å². The lowest BCUT2D eigenvalue weighted by atomic mass is 9.43. The molecule has 0 radical (unpaired) electrons. The lowest BCUT2D eigenvalue weighted by molar-refractivity contribution is 0.590. The van der Waals surface area contributed by atoms with Gasteiger partial charge in [0, 0.05) is 67.1 Å². The Morgan fingerprint density at radius 2 is 1.08 bits per heavy atom. The van der Waals surface area contributed by atoms with Gasteiger partial charge >= 0.3 is 6.85 Å². The summed E-state index contributed by atoms with van der Waals surface area (Å²) in [7, 11) is 0. The van der Waals surface area contributed by atoms with Crippen molar-refractivity contribution in [2.45, 2.75) is 52.4 Å². The van der Waals surface area contributed by atoms with Crippen molar-refractivity contribution >= 4 is 90.1 Å². The topological polar surface area (TPSA) is 32.8 Å². The Morgan fingerprint density at radius 1 is 0.443 bits per heavy atom. The van der Waals surface area contributed by atoms with E-state index in [2.05, 4.69) is 215 Å². The van der Waals surface area contributed by atoms with Crippen LogP contribution in [0.25, 0.3) is 66.1 Å². The molecule has 5 heteroatoms. The molecule has 10 aromatic rings. The Hall–Kier alpha value is -6.98. The van der Waals surface area contributed by atoms with E-state index >= 15 is 0 Å². The van der Waals surface area contributed by atoms with Gasteiger partial charge < -0.3 is 18.5 Å². The third kappa shape index (κ3) is 5.32. The van der Waals surface area contributed by atoms with Crippen LogP contribution in [0.2, 0.25) is 0 Å². The smallest absolute Gasteiger partial charge is 0.333 e. The van der Waals surface area contributed by atoms with Crippen LogP contribution >= 0.6 is 0 Å². The minimum Gasteiger partial charge on any atom is -0.456 e. The van der Waals surface area contributed by atoms with Gasteiger partial charge in [0.2, 0.25) is 0 Å². The summed E-state index contributed by atoms with van der Waals surface area (Å²) in [5.41, 5.74) is 18.9. The Labute approximate surface area is 356 Å². The van der Waals surface area contributed by atoms with Crippen LogP contribution in [-0.2, 0) is 10.8 Å². The molecule has 4 heterocycles. The second-order valence-electron chi connectivity index (χ2n) is 18.9. The van der Waals surface area contributed by atoms with Crippen molar-refractivity contribution in [1.29, 1.82) is 0 Å². The van der Waals surface area contributed by atoms with Gasteiger partial charge in [-0.1, -0.05) is 151 Å². The molecular formula is C56H45BN2O2. The van der Waals surface area contributed by atoms with Gasteiger partial charge in [0.15, 0.2) is 0 Å². The van der Waals surface area contributed by atoms with Crippen molar-refractivity contribution in [3.63, 3.8) is 0 Å². The first-order valence-corrected chi connectivity index (χ1v) is 21.5. The van der Waals surface area contributed by atoms with Gasteiger partial charge in [-0.2, -0.15) is 0 Å². The van der Waals surface area contributed by atoms with E-state index in [1.165, 1.54) is 33.2 Å². The molecule has 0 amide bonds. The highest BCUT2D eigenvalue weighted by Crippen LogP contribution is 2.52. The second-order valence-corrected chi connectivity index (χ2v) is 18.9. The van der Waals surface area contributed by atoms with E-state index in [1.807, 2.05) is 0 Å². The molecule has 4 nitrogen and oxygen atoms in total. The van der Waals surface area contributed by atoms with Crippen LogP contribution in [0.3, 0.4) is 0 Å². The molecule has 0 saturated heterocycles. The first-order chi connectivity index (χ1) is 29.5. The average Bonchev–Trinajstić information content (AvgIpc) is 3.83. The van der Waals surface area contributed by atoms with E-state index < -0.39 is 0 Å². The molecule has 2 aliphatic heterocycles. The summed E-state index contributed by atoms with van der Waals surface area (Å²) in [5, 5.41) is 4.43. The highest BCUT2D eigenvalue weighted by Gasteiger charge is 2.47. The normalized spacial score (nSPS) is 13.6. The molecule has 61 heavy (non-hydrogen) atoms. The van der Waals surface area contributed by atoms with Crippen molar-refractivity contribution in [3.05, 3.63) is 175 Å². The maximum atomic E-state index is 7.01. The SMILES string of the molecule is CC(C)(C)c1ccc(N2B3c4cc5c(cc4N(c4ccc(C(C)(C)C)cc4-c4ccccc4)c4cc6c(oc7ccccc76)c(c43)-c3ccccc32)oc2ccccc25)cc1. The summed E-state index contributed by atoms with van der Waals surface area (Å²) in [6.45, 7) is 13.5. The third-order valence-electron chi connectivity index (χ3n) is 13.2. The molecule has 294 valence electrons. The quantitative estimate of drug-likeness (QED) is 0.167. The number of hydrogen-bond acceptors (Lipinski definition) is 4. The molecule has 0 N–H and O–H groups in total. The van der Waals surface area contributed by atoms with Crippen LogP contribution in [0, 0.1) is 0 Å². The van der Waals surface area contributed by atoms with Crippen molar-refractivity contribution in [1.82, 2.24) is 0 Å². The summed E-state index contributed by atoms with van der Waals surface area (Å²) in [6, 6.07) is 60.1. The molecule has 8 aromatic carbocycles. The molecule has 0 atom stereocenters. The molecule has 0 bridgehead atoms. The predicted octanol–water partition coefficient (Wildman–Crippen LogP) is 14.5. The van der Waals surface area contributed by atoms with E-state index in [0.29, 0.717) is 0 Å². The Kier molecular flexibility index (Phi) is 7.52. The molecule has 0 aliphatic carbocycles. The largest absolute Gasteiger partial charge is 0.456 e. The fourth-order valence-corrected chi connectivity index (χ4v) is 10.1. The van der Waals surface area contributed by atoms with Crippen molar-refractivity contribution < 1.29 is 8.83 Å². The summed E-state index contributed by atoms with van der Waals surface area (Å²) in [6.07, 6.45) is 0. The van der Waals surface area contributed by atoms with Gasteiger partial charge in [-0.05, 0) is 87.0 Å². The fraction of sp³-hybridized carbons (Fsp3) is 0.143. The number of anilines is 5. The highest BCUT2D eigenvalue weighted by molar-refractivity contribution is 6.94. The molecule has 2 aromatic heterocycles. The summed E-state index contributed by atoms with van der Waals surface area (Å²) in [5.74, 6) is 0. The predicted molar refractivity (Wildman–Crippen MR) is 258 cm³/mol. The average molecular weight is 789 g/mol. The number of para-hydroxylation sites is 3. The van der Waals surface area contributed by atoms with Crippen LogP contribution in [0.15, 0.2) is 173 Å². The van der Waals surface area contributed by atoms with E-state index in [4.69, 9.17) is 8.83 Å². The van der Waals surface area contributed by atoms with Crippen LogP contribution < -0.4 is 20.6 Å². The molecule has 12 rings (SSSR count). The Balaban J connectivity index is 1.26. The molecule has 0 spiro atoms. The van der Waals surface area contributed by atoms with Gasteiger partial charge in [0.25, 0.3) is 0 Å². The van der Waals surface area contributed by atoms with Gasteiger partial charge in [-0.25, -0.2) is 0 Å². The molecular weight excluding hydrogens is 743 g/mol. The number of benzene rings is 8. The zero-order valence-electron chi connectivity index (χ0n) is 35.4. The van der Waals surface area contributed by atoms with Crippen LogP contribution in [0.5, 0.6) is 0 Å². The lowest BCUT2D eigenvalue weighted by Gasteiger charge is -2.46. The van der Waals surface area contributed by atoms with E-state index in [1.54, 1.807) is 0 Å². The fourth-order valence-electron chi connectivity index (χ4n) is 10.1. The minimum absolute atomic E-state index is 0.0237. The standard InChI is InChI=1S/C56H45BN2O2/c1-55(2,3)35-24-27-37(28-25-35)59-46-21-13-10-20-40(46)52-53-48(32-43-39-19-12-15-23-50(39)61-54(43)52)58(45-29-26-36(56(4,5)6)30-41(45)34-16-8-7-9-17-34)47-33-51-42(31-44(47)57(53)59)38-18-11-14-22-49(38)60-51/h7-33H,1-6H3. The Morgan fingerprint density at radius 3 is 1.82 bits per heavy atom. The summed E-state index contributed by atoms with van der Waals surface area (Å²) in [4.78, 5) is 5.11. The van der Waals surface area contributed by atoms with Crippen molar-refractivity contribution in [2.75, 3.05) is 9.71 Å². The highest BCUT2D eigenvalue weighted by atomic mass is 16.3. The molecule has 0 fully saturated rings. The maximum absolute atomic E-state index is 7.01. The summed E-state index contributed by atoms with van der Waals surface area (Å²) >= 11 is 0. The molecule has 0 saturated carbocycles. The zero-order valence-corrected chi connectivity index (χ0v) is 35.4. The maximum Gasteiger partial charge on any atom is 0.333 e. The second kappa shape index (κ2) is 12.8. The van der Waals surface area contributed by atoms with Crippen LogP contribution in [0.4, 0.5) is 28.4 Å². The van der Waals surface area contributed by atoms with Gasteiger partial charge in [0.05, 0.1) is 5.69 Å². The van der Waals surface area contributed by atoms with Gasteiger partial charge in [-0.15, -0.1) is 0 Å². The lowest BCUT2D eigenvalue weighted by Crippen LogP contribution is -2.61. The molecule has 0 unspecified atom stereocenters. The van der Waals surface area contributed by atoms with Gasteiger partial charge in [-0.3, -0.25) is 0 Å². The number of fused-ring (bicyclic) bond motifs is 11. The zero-order chi connectivity index (χ0) is 41.4. The monoisotopic (exact) mass is 788 g/mol. The Bertz CT molecular complexity index is 3400. The van der Waals surface area contributed by atoms with E-state index in [0.717, 1.165) is 83.4 Å².